The highest BCUT2D eigenvalue weighted by Gasteiger charge is 2.31. The highest BCUT2D eigenvalue weighted by Crippen LogP contribution is 2.16. The molecule has 162 valence electrons. The summed E-state index contributed by atoms with van der Waals surface area (Å²) >= 11 is 0. The molecule has 2 rings (SSSR count). The van der Waals surface area contributed by atoms with E-state index in [4.69, 9.17) is 4.74 Å². The minimum atomic E-state index is -4.54. The van der Waals surface area contributed by atoms with Crippen LogP contribution in [0.4, 0.5) is 9.59 Å². The van der Waals surface area contributed by atoms with E-state index in [2.05, 4.69) is 10.0 Å². The lowest BCUT2D eigenvalue weighted by molar-refractivity contribution is 0.0500. The lowest BCUT2D eigenvalue weighted by Crippen LogP contribution is -2.49. The standard InChI is InChI=1S/C20H25N3O6S/c1-20(2,3)29-18(24)21-17(16-12-8-5-9-13-16)22-30(27,28)23(19(25)26)14-15-10-6-4-7-11-15/h4-13,17,22H,14H2,1-3H3,(H,21,24)(H,25,26). The molecule has 0 radical (unpaired) electrons. The van der Waals surface area contributed by atoms with Gasteiger partial charge in [0.05, 0.1) is 6.54 Å². The first-order chi connectivity index (χ1) is 14.0. The van der Waals surface area contributed by atoms with Crippen molar-refractivity contribution in [3.8, 4) is 0 Å². The van der Waals surface area contributed by atoms with Crippen LogP contribution in [-0.2, 0) is 21.5 Å². The van der Waals surface area contributed by atoms with Gasteiger partial charge < -0.3 is 15.2 Å². The Balaban J connectivity index is 2.29. The number of rotatable bonds is 7. The summed E-state index contributed by atoms with van der Waals surface area (Å²) in [7, 11) is -4.54. The molecule has 30 heavy (non-hydrogen) atoms. The fourth-order valence-electron chi connectivity index (χ4n) is 2.47. The Kier molecular flexibility index (Phi) is 7.41. The molecule has 0 aliphatic carbocycles. The Labute approximate surface area is 175 Å². The van der Waals surface area contributed by atoms with Crippen LogP contribution in [0.5, 0.6) is 0 Å². The molecule has 0 aromatic heterocycles. The van der Waals surface area contributed by atoms with Crippen LogP contribution in [0.1, 0.15) is 38.1 Å². The van der Waals surface area contributed by atoms with Crippen molar-refractivity contribution >= 4 is 22.4 Å². The summed E-state index contributed by atoms with van der Waals surface area (Å²) in [6.45, 7) is 4.61. The minimum Gasteiger partial charge on any atom is -0.464 e. The fraction of sp³-hybridized carbons (Fsp3) is 0.300. The van der Waals surface area contributed by atoms with E-state index < -0.39 is 34.2 Å². The third-order valence-corrected chi connectivity index (χ3v) is 5.13. The maximum absolute atomic E-state index is 12.9. The molecule has 0 bridgehead atoms. The van der Waals surface area contributed by atoms with Crippen LogP contribution < -0.4 is 10.0 Å². The molecule has 0 saturated carbocycles. The van der Waals surface area contributed by atoms with Gasteiger partial charge in [0.1, 0.15) is 11.8 Å². The van der Waals surface area contributed by atoms with E-state index in [0.717, 1.165) is 0 Å². The van der Waals surface area contributed by atoms with Crippen LogP contribution in [0, 0.1) is 0 Å². The number of nitrogens with one attached hydrogen (secondary N) is 2. The Bertz CT molecular complexity index is 959. The summed E-state index contributed by atoms with van der Waals surface area (Å²) in [5.41, 5.74) is 0.0866. The van der Waals surface area contributed by atoms with Crippen LogP contribution in [0.15, 0.2) is 60.7 Å². The monoisotopic (exact) mass is 435 g/mol. The smallest absolute Gasteiger partial charge is 0.422 e. The largest absolute Gasteiger partial charge is 0.464 e. The van der Waals surface area contributed by atoms with E-state index in [1.807, 2.05) is 0 Å². The Morgan fingerprint density at radius 3 is 2.07 bits per heavy atom. The lowest BCUT2D eigenvalue weighted by Gasteiger charge is -2.27. The van der Waals surface area contributed by atoms with E-state index in [1.165, 1.54) is 0 Å². The minimum absolute atomic E-state index is 0.273. The van der Waals surface area contributed by atoms with Gasteiger partial charge in [-0.25, -0.2) is 9.59 Å². The molecule has 0 aliphatic heterocycles. The molecule has 0 heterocycles. The first-order valence-electron chi connectivity index (χ1n) is 9.09. The summed E-state index contributed by atoms with van der Waals surface area (Å²) in [6, 6.07) is 16.5. The number of carbonyl (C=O) groups is 2. The zero-order valence-corrected chi connectivity index (χ0v) is 17.7. The number of ether oxygens (including phenoxy) is 1. The van der Waals surface area contributed by atoms with Gasteiger partial charge >= 0.3 is 22.4 Å². The second kappa shape index (κ2) is 9.59. The van der Waals surface area contributed by atoms with E-state index in [0.29, 0.717) is 11.1 Å². The van der Waals surface area contributed by atoms with Crippen molar-refractivity contribution in [2.45, 2.75) is 39.1 Å². The van der Waals surface area contributed by atoms with Gasteiger partial charge in [-0.1, -0.05) is 60.7 Å². The quantitative estimate of drug-likeness (QED) is 0.574. The number of alkyl carbamates (subject to hydrolysis) is 1. The summed E-state index contributed by atoms with van der Waals surface area (Å²) in [4.78, 5) is 23.9. The van der Waals surface area contributed by atoms with Gasteiger partial charge in [0.25, 0.3) is 0 Å². The van der Waals surface area contributed by atoms with Gasteiger partial charge in [0.2, 0.25) is 0 Å². The number of carboxylic acid groups (broad SMARTS) is 1. The molecule has 1 unspecified atom stereocenters. The molecule has 0 spiro atoms. The zero-order chi connectivity index (χ0) is 22.4. The van der Waals surface area contributed by atoms with Gasteiger partial charge in [-0.2, -0.15) is 17.4 Å². The van der Waals surface area contributed by atoms with Crippen molar-refractivity contribution in [3.05, 3.63) is 71.8 Å². The molecule has 0 aliphatic rings. The molecule has 1 atom stereocenters. The van der Waals surface area contributed by atoms with E-state index in [1.54, 1.807) is 81.4 Å². The van der Waals surface area contributed by atoms with Crippen LogP contribution >= 0.6 is 0 Å². The molecule has 2 aromatic rings. The molecule has 9 nitrogen and oxygen atoms in total. The molecule has 0 saturated heterocycles. The van der Waals surface area contributed by atoms with Gasteiger partial charge in [0, 0.05) is 0 Å². The lowest BCUT2D eigenvalue weighted by atomic mass is 10.2. The SMILES string of the molecule is CC(C)(C)OC(=O)NC(NS(=O)(=O)N(Cc1ccccc1)C(=O)O)c1ccccc1. The number of hydrogen-bond donors (Lipinski definition) is 3. The number of carbonyl (C=O) groups excluding carboxylic acids is 1. The van der Waals surface area contributed by atoms with Gasteiger partial charge in [0.15, 0.2) is 0 Å². The molecular formula is C20H25N3O6S. The molecule has 0 fully saturated rings. The summed E-state index contributed by atoms with van der Waals surface area (Å²) in [5.74, 6) is 0. The molecular weight excluding hydrogens is 410 g/mol. The third kappa shape index (κ3) is 7.05. The van der Waals surface area contributed by atoms with Gasteiger partial charge in [-0.05, 0) is 31.9 Å². The van der Waals surface area contributed by atoms with Crippen LogP contribution in [-0.4, -0.2) is 35.6 Å². The van der Waals surface area contributed by atoms with Crippen LogP contribution in [0.2, 0.25) is 0 Å². The average molecular weight is 436 g/mol. The second-order valence-electron chi connectivity index (χ2n) is 7.39. The molecule has 2 aromatic carbocycles. The van der Waals surface area contributed by atoms with Gasteiger partial charge in [-0.3, -0.25) is 0 Å². The van der Waals surface area contributed by atoms with Crippen molar-refractivity contribution in [2.24, 2.45) is 0 Å². The highest BCUT2D eigenvalue weighted by molar-refractivity contribution is 7.87. The van der Waals surface area contributed by atoms with Crippen LogP contribution in [0.3, 0.4) is 0 Å². The molecule has 3 N–H and O–H groups in total. The summed E-state index contributed by atoms with van der Waals surface area (Å²) in [5, 5.41) is 11.9. The van der Waals surface area contributed by atoms with Crippen molar-refractivity contribution in [3.63, 3.8) is 0 Å². The molecule has 2 amide bonds. The van der Waals surface area contributed by atoms with Crippen molar-refractivity contribution in [2.75, 3.05) is 0 Å². The van der Waals surface area contributed by atoms with Crippen molar-refractivity contribution in [1.29, 1.82) is 0 Å². The normalized spacial score (nSPS) is 12.6. The maximum Gasteiger partial charge on any atom is 0.422 e. The maximum atomic E-state index is 12.9. The number of amides is 2. The summed E-state index contributed by atoms with van der Waals surface area (Å²) < 4.78 is 33.4. The van der Waals surface area contributed by atoms with Crippen molar-refractivity contribution < 1.29 is 27.9 Å². The Hall–Kier alpha value is -3.11. The summed E-state index contributed by atoms with van der Waals surface area (Å²) in [6.07, 6.45) is -3.76. The molecule has 10 heteroatoms. The number of hydrogen-bond acceptors (Lipinski definition) is 5. The van der Waals surface area contributed by atoms with E-state index in [9.17, 15) is 23.1 Å². The first kappa shape index (κ1) is 23.2. The van der Waals surface area contributed by atoms with E-state index >= 15 is 0 Å². The first-order valence-corrected chi connectivity index (χ1v) is 10.5. The van der Waals surface area contributed by atoms with E-state index in [-0.39, 0.29) is 10.8 Å². The number of nitrogens with zero attached hydrogens (tertiary/aromatic N) is 1. The third-order valence-electron chi connectivity index (χ3n) is 3.73. The fourth-order valence-corrected chi connectivity index (χ4v) is 3.61. The predicted octanol–water partition coefficient (Wildman–Crippen LogP) is 3.22. The number of benzene rings is 2. The van der Waals surface area contributed by atoms with Crippen LogP contribution in [0.25, 0.3) is 0 Å². The average Bonchev–Trinajstić information content (AvgIpc) is 2.65. The second-order valence-corrected chi connectivity index (χ2v) is 9.01. The highest BCUT2D eigenvalue weighted by atomic mass is 32.2. The predicted molar refractivity (Wildman–Crippen MR) is 111 cm³/mol. The van der Waals surface area contributed by atoms with Crippen molar-refractivity contribution in [1.82, 2.24) is 14.3 Å². The topological polar surface area (TPSA) is 125 Å². The Morgan fingerprint density at radius 1 is 1.03 bits per heavy atom. The Morgan fingerprint density at radius 2 is 1.57 bits per heavy atom. The van der Waals surface area contributed by atoms with Gasteiger partial charge in [-0.15, -0.1) is 0 Å². The zero-order valence-electron chi connectivity index (χ0n) is 16.9.